The highest BCUT2D eigenvalue weighted by molar-refractivity contribution is 7.47. The van der Waals surface area contributed by atoms with Crippen LogP contribution in [0.1, 0.15) is 6.42 Å². The minimum absolute atomic E-state index is 0.00280. The number of pyridine rings is 2. The molecule has 0 spiro atoms. The van der Waals surface area contributed by atoms with E-state index in [0.29, 0.717) is 34.2 Å². The second-order valence-electron chi connectivity index (χ2n) is 14.2. The molecule has 2 saturated heterocycles. The summed E-state index contributed by atoms with van der Waals surface area (Å²) in [5.74, 6) is -0.587. The van der Waals surface area contributed by atoms with Crippen LogP contribution in [-0.4, -0.2) is 130 Å². The minimum Gasteiger partial charge on any atom is -0.444 e. The number of aryl methyl sites for hydroxylation is 2. The first kappa shape index (κ1) is 43.0. The van der Waals surface area contributed by atoms with E-state index >= 15 is 8.78 Å². The number of anilines is 2. The van der Waals surface area contributed by atoms with E-state index in [4.69, 9.17) is 23.3 Å². The zero-order valence-corrected chi connectivity index (χ0v) is 34.2. The summed E-state index contributed by atoms with van der Waals surface area (Å²) in [6.07, 6.45) is -1.30. The van der Waals surface area contributed by atoms with Crippen molar-refractivity contribution in [1.29, 1.82) is 0 Å². The Morgan fingerprint density at radius 1 is 0.794 bits per heavy atom. The average molecular weight is 891 g/mol. The number of nitrogens with zero attached hydrogens (tertiary/aromatic N) is 12. The molecule has 22 nitrogen and oxygen atoms in total. The van der Waals surface area contributed by atoms with Gasteiger partial charge in [-0.15, -0.1) is 20.4 Å². The molecule has 6 heterocycles. The third-order valence-corrected chi connectivity index (χ3v) is 10.7. The molecule has 0 radical (unpaired) electrons. The molecule has 4 aromatic heterocycles. The van der Waals surface area contributed by atoms with E-state index in [-0.39, 0.29) is 55.2 Å². The van der Waals surface area contributed by atoms with Crippen LogP contribution in [0.3, 0.4) is 0 Å². The number of hydrogen-bond acceptors (Lipinski definition) is 17. The summed E-state index contributed by atoms with van der Waals surface area (Å²) >= 11 is 0. The summed E-state index contributed by atoms with van der Waals surface area (Å²) in [6, 6.07) is 15.1. The fraction of sp³-hybridized carbons (Fsp3) is 0.316. The number of amides is 2. The van der Waals surface area contributed by atoms with Gasteiger partial charge in [0.25, 0.3) is 0 Å². The summed E-state index contributed by atoms with van der Waals surface area (Å²) in [5, 5.41) is 33.3. The quantitative estimate of drug-likeness (QED) is 0.0977. The summed E-state index contributed by atoms with van der Waals surface area (Å²) in [6.45, 7) is -1.64. The van der Waals surface area contributed by atoms with Crippen LogP contribution in [0.4, 0.5) is 29.7 Å². The van der Waals surface area contributed by atoms with Gasteiger partial charge in [0.1, 0.15) is 41.3 Å². The fourth-order valence-electron chi connectivity index (χ4n) is 6.60. The SMILES string of the molecule is Cn1nnc(-c2ccc(-c3ccc(N4C[C@H](CCOCC(CO)OP(=O)(O)OC[C@H]5CN(c6ccc(-c7ccc(-c8nnn(C)n8)nc7)c(F)c6)C(=O)O5)OC4=O)cc3F)cn2)n1. The first-order chi connectivity index (χ1) is 30.3. The Kier molecular flexibility index (Phi) is 12.5. The Hall–Kier alpha value is -6.69. The number of aliphatic hydroxyl groups is 1. The monoisotopic (exact) mass is 890 g/mol. The van der Waals surface area contributed by atoms with Crippen molar-refractivity contribution in [3.05, 3.63) is 84.7 Å². The van der Waals surface area contributed by atoms with E-state index in [1.807, 2.05) is 0 Å². The van der Waals surface area contributed by atoms with Gasteiger partial charge in [-0.25, -0.2) is 22.9 Å². The van der Waals surface area contributed by atoms with Crippen LogP contribution in [0.2, 0.25) is 0 Å². The average Bonchev–Trinajstić information content (AvgIpc) is 4.08. The van der Waals surface area contributed by atoms with Crippen molar-refractivity contribution in [3.63, 3.8) is 0 Å². The van der Waals surface area contributed by atoms with Crippen molar-refractivity contribution < 1.29 is 56.2 Å². The lowest BCUT2D eigenvalue weighted by Crippen LogP contribution is -2.27. The molecule has 328 valence electrons. The standard InChI is InChI=1S/C38H37F2N12O10P/c1-49-45-35(43-47-49)33-9-3-22(15-41-33)29-7-5-24(13-31(29)39)51-17-26(60-37(51)54)11-12-58-20-28(19-53)62-63(56,57)59-21-27-18-52(38(55)61-27)25-6-8-30(32(40)14-25)23-4-10-34(42-16-23)36-44-48-50(2)46-36/h3-10,13-16,26-28,53H,11-12,17-21H2,1-2H3,(H,56,57)/t26-,27+,28?/m0/s1. The smallest absolute Gasteiger partial charge is 0.444 e. The number of carbonyl (C=O) groups excluding carboxylic acids is 2. The Morgan fingerprint density at radius 3 is 1.78 bits per heavy atom. The van der Waals surface area contributed by atoms with E-state index in [1.165, 1.54) is 51.2 Å². The minimum atomic E-state index is -4.81. The van der Waals surface area contributed by atoms with Crippen molar-refractivity contribution in [2.45, 2.75) is 24.7 Å². The van der Waals surface area contributed by atoms with Crippen molar-refractivity contribution in [1.82, 2.24) is 50.4 Å². The van der Waals surface area contributed by atoms with Gasteiger partial charge in [0, 0.05) is 41.1 Å². The maximum Gasteiger partial charge on any atom is 0.472 e. The number of hydrogen-bond donors (Lipinski definition) is 2. The number of cyclic esters (lactones) is 2. The molecule has 4 atom stereocenters. The number of halogens is 2. The third-order valence-electron chi connectivity index (χ3n) is 9.70. The number of phosphoric ester groups is 1. The molecule has 2 aliphatic rings. The fourth-order valence-corrected chi connectivity index (χ4v) is 7.52. The van der Waals surface area contributed by atoms with Gasteiger partial charge >= 0.3 is 20.0 Å². The van der Waals surface area contributed by atoms with E-state index in [1.54, 1.807) is 44.4 Å². The van der Waals surface area contributed by atoms with Crippen LogP contribution < -0.4 is 9.80 Å². The van der Waals surface area contributed by atoms with Crippen LogP contribution in [0.25, 0.3) is 45.3 Å². The molecule has 0 bridgehead atoms. The van der Waals surface area contributed by atoms with Crippen LogP contribution in [-0.2, 0) is 41.9 Å². The molecule has 2 unspecified atom stereocenters. The topological polar surface area (TPSA) is 257 Å². The maximum atomic E-state index is 15.3. The molecule has 2 N–H and O–H groups in total. The Bertz CT molecular complexity index is 2660. The zero-order chi connectivity index (χ0) is 44.3. The van der Waals surface area contributed by atoms with E-state index in [2.05, 4.69) is 40.8 Å². The first-order valence-corrected chi connectivity index (χ1v) is 20.6. The van der Waals surface area contributed by atoms with Gasteiger partial charge in [-0.05, 0) is 59.0 Å². The third kappa shape index (κ3) is 10.0. The number of carbonyl (C=O) groups is 2. The van der Waals surface area contributed by atoms with Crippen molar-refractivity contribution in [2.24, 2.45) is 14.1 Å². The van der Waals surface area contributed by atoms with Crippen LogP contribution in [0.15, 0.2) is 73.1 Å². The van der Waals surface area contributed by atoms with Gasteiger partial charge in [0.05, 0.1) is 65.0 Å². The van der Waals surface area contributed by atoms with E-state index in [9.17, 15) is 24.2 Å². The molecule has 2 aromatic carbocycles. The zero-order valence-electron chi connectivity index (χ0n) is 33.3. The summed E-state index contributed by atoms with van der Waals surface area (Å²) in [4.78, 5) is 49.3. The summed E-state index contributed by atoms with van der Waals surface area (Å²) in [7, 11) is -1.56. The van der Waals surface area contributed by atoms with Crippen molar-refractivity contribution in [2.75, 3.05) is 49.3 Å². The number of aliphatic hydroxyl groups excluding tert-OH is 1. The second-order valence-corrected chi connectivity index (χ2v) is 15.6. The normalized spacial score (nSPS) is 17.8. The van der Waals surface area contributed by atoms with Gasteiger partial charge in [-0.2, -0.15) is 9.59 Å². The lowest BCUT2D eigenvalue weighted by atomic mass is 10.1. The van der Waals surface area contributed by atoms with Crippen molar-refractivity contribution in [3.8, 4) is 45.3 Å². The molecule has 25 heteroatoms. The van der Waals surface area contributed by atoms with Gasteiger partial charge in [0.15, 0.2) is 0 Å². The first-order valence-electron chi connectivity index (χ1n) is 19.1. The Labute approximate surface area is 355 Å². The van der Waals surface area contributed by atoms with Crippen LogP contribution >= 0.6 is 7.82 Å². The molecule has 2 amide bonds. The van der Waals surface area contributed by atoms with E-state index in [0.717, 1.165) is 11.0 Å². The molecule has 8 rings (SSSR count). The highest BCUT2D eigenvalue weighted by Gasteiger charge is 2.37. The number of phosphoric acid groups is 1. The number of benzene rings is 2. The highest BCUT2D eigenvalue weighted by Crippen LogP contribution is 2.45. The van der Waals surface area contributed by atoms with Gasteiger partial charge in [-0.1, -0.05) is 12.1 Å². The molecule has 0 aliphatic carbocycles. The lowest BCUT2D eigenvalue weighted by molar-refractivity contribution is -0.0108. The number of tetrazole rings is 2. The number of aromatic nitrogens is 10. The van der Waals surface area contributed by atoms with E-state index < -0.39 is 63.2 Å². The predicted octanol–water partition coefficient (Wildman–Crippen LogP) is 3.72. The largest absolute Gasteiger partial charge is 0.472 e. The second kappa shape index (κ2) is 18.3. The van der Waals surface area contributed by atoms with Gasteiger partial charge < -0.3 is 24.2 Å². The maximum absolute atomic E-state index is 15.3. The van der Waals surface area contributed by atoms with Gasteiger partial charge in [0.2, 0.25) is 11.6 Å². The van der Waals surface area contributed by atoms with Crippen molar-refractivity contribution >= 4 is 31.4 Å². The summed E-state index contributed by atoms with van der Waals surface area (Å²) in [5.41, 5.74) is 2.83. The number of rotatable bonds is 17. The lowest BCUT2D eigenvalue weighted by Gasteiger charge is -2.20. The molecule has 0 saturated carbocycles. The van der Waals surface area contributed by atoms with Crippen LogP contribution in [0, 0.1) is 11.6 Å². The predicted molar refractivity (Wildman–Crippen MR) is 213 cm³/mol. The molecule has 63 heavy (non-hydrogen) atoms. The molecule has 2 aliphatic heterocycles. The highest BCUT2D eigenvalue weighted by atomic mass is 31.2. The Morgan fingerprint density at radius 2 is 1.32 bits per heavy atom. The molecular weight excluding hydrogens is 853 g/mol. The molecule has 6 aromatic rings. The number of ether oxygens (including phenoxy) is 3. The molecule has 2 fully saturated rings. The Balaban J connectivity index is 0.765. The van der Waals surface area contributed by atoms with Crippen LogP contribution in [0.5, 0.6) is 0 Å². The summed E-state index contributed by atoms with van der Waals surface area (Å²) < 4.78 is 69.7. The van der Waals surface area contributed by atoms with Gasteiger partial charge in [-0.3, -0.25) is 28.8 Å². The molecular formula is C38H37F2N12O10P.